The maximum absolute atomic E-state index is 12.4. The zero-order valence-electron chi connectivity index (χ0n) is 16.8. The number of likely N-dealkylation sites (tertiary alicyclic amines) is 1. The summed E-state index contributed by atoms with van der Waals surface area (Å²) in [5.74, 6) is 3.26. The lowest BCUT2D eigenvalue weighted by molar-refractivity contribution is -0.126. The van der Waals surface area contributed by atoms with Crippen LogP contribution < -0.4 is 10.6 Å². The highest BCUT2D eigenvalue weighted by Gasteiger charge is 2.39. The summed E-state index contributed by atoms with van der Waals surface area (Å²) >= 11 is 0. The van der Waals surface area contributed by atoms with Crippen LogP contribution in [0.5, 0.6) is 0 Å². The van der Waals surface area contributed by atoms with Gasteiger partial charge in [0.25, 0.3) is 0 Å². The monoisotopic (exact) mass is 375 g/mol. The number of piperidine rings is 1. The number of hydrogen-bond donors (Lipinski definition) is 2. The van der Waals surface area contributed by atoms with E-state index < -0.39 is 0 Å². The van der Waals surface area contributed by atoms with Gasteiger partial charge in [0.1, 0.15) is 0 Å². The molecular weight excluding hydrogens is 338 g/mol. The van der Waals surface area contributed by atoms with Crippen LogP contribution in [-0.2, 0) is 4.79 Å². The fourth-order valence-electron chi connectivity index (χ4n) is 6.12. The summed E-state index contributed by atoms with van der Waals surface area (Å²) in [6.45, 7) is 2.34. The molecule has 0 spiro atoms. The van der Waals surface area contributed by atoms with E-state index in [4.69, 9.17) is 0 Å². The summed E-state index contributed by atoms with van der Waals surface area (Å²) in [5.41, 5.74) is 0. The molecule has 2 bridgehead atoms. The summed E-state index contributed by atoms with van der Waals surface area (Å²) in [7, 11) is 0. The van der Waals surface area contributed by atoms with Crippen LogP contribution in [-0.4, -0.2) is 42.5 Å². The first-order valence-electron chi connectivity index (χ1n) is 11.5. The lowest BCUT2D eigenvalue weighted by Gasteiger charge is -2.33. The fraction of sp³-hybridized carbons (Fsp3) is 0.909. The Morgan fingerprint density at radius 2 is 1.67 bits per heavy atom. The molecule has 4 fully saturated rings. The maximum atomic E-state index is 12.4. The van der Waals surface area contributed by atoms with Crippen LogP contribution in [0.2, 0.25) is 0 Å². The predicted molar refractivity (Wildman–Crippen MR) is 106 cm³/mol. The van der Waals surface area contributed by atoms with Gasteiger partial charge in [0.2, 0.25) is 5.91 Å². The Labute approximate surface area is 164 Å². The highest BCUT2D eigenvalue weighted by atomic mass is 16.2. The third-order valence-corrected chi connectivity index (χ3v) is 7.78. The van der Waals surface area contributed by atoms with Gasteiger partial charge in [-0.25, -0.2) is 4.79 Å². The van der Waals surface area contributed by atoms with Crippen molar-refractivity contribution in [1.29, 1.82) is 0 Å². The zero-order chi connectivity index (χ0) is 18.6. The molecule has 2 N–H and O–H groups in total. The number of amides is 3. The minimum atomic E-state index is 0.0928. The van der Waals surface area contributed by atoms with Crippen molar-refractivity contribution in [3.05, 3.63) is 0 Å². The van der Waals surface area contributed by atoms with E-state index in [9.17, 15) is 9.59 Å². The molecule has 1 heterocycles. The van der Waals surface area contributed by atoms with Gasteiger partial charge in [0, 0.05) is 31.6 Å². The Morgan fingerprint density at radius 1 is 0.889 bits per heavy atom. The molecule has 4 rings (SSSR count). The summed E-state index contributed by atoms with van der Waals surface area (Å²) < 4.78 is 0. The number of urea groups is 1. The second-order valence-corrected chi connectivity index (χ2v) is 9.56. The van der Waals surface area contributed by atoms with Crippen molar-refractivity contribution in [3.63, 3.8) is 0 Å². The molecule has 5 nitrogen and oxygen atoms in total. The first-order chi connectivity index (χ1) is 13.2. The second-order valence-electron chi connectivity index (χ2n) is 9.56. The van der Waals surface area contributed by atoms with Crippen molar-refractivity contribution in [2.45, 2.75) is 83.1 Å². The number of hydrogen-bond acceptors (Lipinski definition) is 2. The van der Waals surface area contributed by atoms with Crippen molar-refractivity contribution in [1.82, 2.24) is 15.5 Å². The van der Waals surface area contributed by atoms with Crippen LogP contribution in [0.4, 0.5) is 4.79 Å². The molecule has 3 amide bonds. The molecule has 3 aliphatic carbocycles. The van der Waals surface area contributed by atoms with E-state index in [1.54, 1.807) is 0 Å². The highest BCUT2D eigenvalue weighted by molar-refractivity contribution is 5.79. The molecule has 0 radical (unpaired) electrons. The van der Waals surface area contributed by atoms with Gasteiger partial charge in [-0.15, -0.1) is 0 Å². The molecule has 1 saturated heterocycles. The van der Waals surface area contributed by atoms with Gasteiger partial charge in [0.15, 0.2) is 0 Å². The molecule has 3 unspecified atom stereocenters. The zero-order valence-corrected chi connectivity index (χ0v) is 16.8. The smallest absolute Gasteiger partial charge is 0.317 e. The van der Waals surface area contributed by atoms with Crippen LogP contribution in [0.25, 0.3) is 0 Å². The summed E-state index contributed by atoms with van der Waals surface area (Å²) in [5, 5.41) is 6.39. The highest BCUT2D eigenvalue weighted by Crippen LogP contribution is 2.49. The van der Waals surface area contributed by atoms with Crippen molar-refractivity contribution in [3.8, 4) is 0 Å². The van der Waals surface area contributed by atoms with Crippen LogP contribution in [0.15, 0.2) is 0 Å². The summed E-state index contributed by atoms with van der Waals surface area (Å²) in [4.78, 5) is 26.8. The minimum absolute atomic E-state index is 0.0928. The number of carbonyl (C=O) groups is 2. The molecule has 3 atom stereocenters. The average Bonchev–Trinajstić information content (AvgIpc) is 3.32. The van der Waals surface area contributed by atoms with Crippen molar-refractivity contribution < 1.29 is 9.59 Å². The Hall–Kier alpha value is -1.26. The van der Waals surface area contributed by atoms with Gasteiger partial charge >= 0.3 is 6.03 Å². The summed E-state index contributed by atoms with van der Waals surface area (Å²) in [6, 6.07) is 0.340. The third-order valence-electron chi connectivity index (χ3n) is 7.78. The molecule has 0 aromatic rings. The lowest BCUT2D eigenvalue weighted by atomic mass is 9.86. The lowest BCUT2D eigenvalue weighted by Crippen LogP contribution is -2.50. The topological polar surface area (TPSA) is 61.4 Å². The van der Waals surface area contributed by atoms with E-state index in [0.29, 0.717) is 0 Å². The van der Waals surface area contributed by atoms with Crippen LogP contribution in [0.1, 0.15) is 77.0 Å². The van der Waals surface area contributed by atoms with Crippen molar-refractivity contribution >= 4 is 11.9 Å². The first-order valence-corrected chi connectivity index (χ1v) is 11.5. The minimum Gasteiger partial charge on any atom is -0.353 e. The van der Waals surface area contributed by atoms with E-state index >= 15 is 0 Å². The second kappa shape index (κ2) is 8.83. The number of nitrogens with zero attached hydrogens (tertiary/aromatic N) is 1. The van der Waals surface area contributed by atoms with Gasteiger partial charge < -0.3 is 15.5 Å². The van der Waals surface area contributed by atoms with Gasteiger partial charge in [0.05, 0.1) is 0 Å². The molecule has 0 aromatic carbocycles. The van der Waals surface area contributed by atoms with Gasteiger partial charge in [-0.1, -0.05) is 25.7 Å². The first kappa shape index (κ1) is 19.1. The molecule has 3 saturated carbocycles. The van der Waals surface area contributed by atoms with Crippen LogP contribution in [0.3, 0.4) is 0 Å². The van der Waals surface area contributed by atoms with Crippen molar-refractivity contribution in [2.24, 2.45) is 23.7 Å². The molecule has 27 heavy (non-hydrogen) atoms. The largest absolute Gasteiger partial charge is 0.353 e. The van der Waals surface area contributed by atoms with Gasteiger partial charge in [-0.3, -0.25) is 4.79 Å². The van der Waals surface area contributed by atoms with E-state index in [-0.39, 0.29) is 23.9 Å². The number of nitrogens with one attached hydrogen (secondary N) is 2. The molecular formula is C22H37N3O2. The predicted octanol–water partition coefficient (Wildman–Crippen LogP) is 3.68. The standard InChI is InChI=1S/C22H37N3O2/c26-21(17-4-2-1-3-5-17)24-20-9-12-25(13-10-20)22(27)23-11-8-19-15-16-6-7-18(19)14-16/h16-20H,1-15H2,(H,23,27)(H,24,26). The van der Waals surface area contributed by atoms with Crippen molar-refractivity contribution in [2.75, 3.05) is 19.6 Å². The van der Waals surface area contributed by atoms with Gasteiger partial charge in [-0.05, 0) is 69.1 Å². The van der Waals surface area contributed by atoms with E-state index in [0.717, 1.165) is 69.5 Å². The quantitative estimate of drug-likeness (QED) is 0.770. The Morgan fingerprint density at radius 3 is 2.33 bits per heavy atom. The normalized spacial score (nSPS) is 31.9. The molecule has 4 aliphatic rings. The molecule has 5 heteroatoms. The maximum Gasteiger partial charge on any atom is 0.317 e. The molecule has 1 aliphatic heterocycles. The number of fused-ring (bicyclic) bond motifs is 2. The Kier molecular flexibility index (Phi) is 6.24. The van der Waals surface area contributed by atoms with Crippen LogP contribution >= 0.6 is 0 Å². The SMILES string of the molecule is O=C(NC1CCN(C(=O)NCCC2CC3CCC2C3)CC1)C1CCCCC1. The Bertz CT molecular complexity index is 524. The third kappa shape index (κ3) is 4.78. The van der Waals surface area contributed by atoms with Crippen LogP contribution in [0, 0.1) is 23.7 Å². The molecule has 152 valence electrons. The number of carbonyl (C=O) groups excluding carboxylic acids is 2. The fourth-order valence-corrected chi connectivity index (χ4v) is 6.12. The molecule has 0 aromatic heterocycles. The number of rotatable bonds is 5. The van der Waals surface area contributed by atoms with Gasteiger partial charge in [-0.2, -0.15) is 0 Å². The summed E-state index contributed by atoms with van der Waals surface area (Å²) in [6.07, 6.45) is 14.4. The average molecular weight is 376 g/mol. The van der Waals surface area contributed by atoms with E-state index in [1.165, 1.54) is 44.9 Å². The van der Waals surface area contributed by atoms with E-state index in [1.807, 2.05) is 4.90 Å². The Balaban J connectivity index is 1.11. The van der Waals surface area contributed by atoms with E-state index in [2.05, 4.69) is 10.6 Å².